The van der Waals surface area contributed by atoms with Crippen molar-refractivity contribution in [1.29, 1.82) is 0 Å². The highest BCUT2D eigenvalue weighted by Crippen LogP contribution is 2.37. The van der Waals surface area contributed by atoms with Gasteiger partial charge in [0.1, 0.15) is 44.3 Å². The predicted octanol–water partition coefficient (Wildman–Crippen LogP) is 7.75. The summed E-state index contributed by atoms with van der Waals surface area (Å²) in [5.74, 6) is -0.870. The van der Waals surface area contributed by atoms with Gasteiger partial charge in [-0.2, -0.15) is 0 Å². The second kappa shape index (κ2) is 17.1. The van der Waals surface area contributed by atoms with Gasteiger partial charge in [-0.05, 0) is 112 Å². The van der Waals surface area contributed by atoms with E-state index < -0.39 is 33.1 Å². The molecule has 1 aliphatic rings. The van der Waals surface area contributed by atoms with Crippen LogP contribution in [0.1, 0.15) is 48.5 Å². The van der Waals surface area contributed by atoms with E-state index in [-0.39, 0.29) is 23.7 Å². The van der Waals surface area contributed by atoms with E-state index in [1.165, 1.54) is 12.3 Å². The number of ether oxygens (including phenoxy) is 2. The molecular formula is C42H43F2N7O5S. The number of carbonyl (C=O) groups excluding carboxylic acids is 1. The van der Waals surface area contributed by atoms with Gasteiger partial charge >= 0.3 is 0 Å². The summed E-state index contributed by atoms with van der Waals surface area (Å²) < 4.78 is 66.1. The Labute approximate surface area is 329 Å². The van der Waals surface area contributed by atoms with Gasteiger partial charge in [-0.15, -0.1) is 0 Å². The summed E-state index contributed by atoms with van der Waals surface area (Å²) in [6.07, 6.45) is 6.61. The summed E-state index contributed by atoms with van der Waals surface area (Å²) in [7, 11) is -3.01. The summed E-state index contributed by atoms with van der Waals surface area (Å²) in [6, 6.07) is 21.8. The SMILES string of the molecule is CCOc1cc(C2CCN(CCS(C)(=O)=O)CC2)ccc1Nc1nccc(-c2c(-c3ccc(OCC)c(C(=O)Nc4c(F)cccc4F)c3)nc3ccccn23)n1. The standard InChI is InChI=1S/C42H43F2N7O5S/c1-4-55-35-15-13-29(25-30(35)41(52)49-39-31(43)9-8-10-32(39)44)38-40(51-20-7-6-11-37(51)48-38)34-16-19-45-42(47-34)46-33-14-12-28(26-36(33)56-5-2)27-17-21-50(22-18-27)23-24-57(3,53)54/h6-16,19-20,25-27H,4-5,17-18,21-24H2,1-3H3,(H,49,52)(H,45,46,47). The molecule has 0 radical (unpaired) electrons. The number of imidazole rings is 1. The van der Waals surface area contributed by atoms with Crippen LogP contribution in [0.2, 0.25) is 0 Å². The van der Waals surface area contributed by atoms with Gasteiger partial charge in [-0.25, -0.2) is 32.2 Å². The molecule has 57 heavy (non-hydrogen) atoms. The van der Waals surface area contributed by atoms with Crippen LogP contribution in [-0.4, -0.2) is 83.4 Å². The molecule has 1 aliphatic heterocycles. The maximum absolute atomic E-state index is 14.5. The number of likely N-dealkylation sites (tertiary alicyclic amines) is 1. The molecule has 1 amide bonds. The number of nitrogens with zero attached hydrogens (tertiary/aromatic N) is 5. The number of nitrogens with one attached hydrogen (secondary N) is 2. The number of hydrogen-bond acceptors (Lipinski definition) is 10. The zero-order valence-corrected chi connectivity index (χ0v) is 32.7. The van der Waals surface area contributed by atoms with Crippen LogP contribution in [0.25, 0.3) is 28.3 Å². The Bertz CT molecular complexity index is 2500. The maximum atomic E-state index is 14.5. The van der Waals surface area contributed by atoms with Gasteiger partial charge in [-0.1, -0.05) is 18.2 Å². The number of carbonyl (C=O) groups is 1. The zero-order chi connectivity index (χ0) is 40.1. The highest BCUT2D eigenvalue weighted by molar-refractivity contribution is 7.90. The molecule has 15 heteroatoms. The number of hydrogen-bond donors (Lipinski definition) is 2. The minimum Gasteiger partial charge on any atom is -0.493 e. The Morgan fingerprint density at radius 3 is 2.39 bits per heavy atom. The highest BCUT2D eigenvalue weighted by Gasteiger charge is 2.25. The lowest BCUT2D eigenvalue weighted by molar-refractivity contribution is 0.102. The van der Waals surface area contributed by atoms with Crippen LogP contribution in [0.5, 0.6) is 11.5 Å². The number of benzene rings is 3. The molecule has 0 aliphatic carbocycles. The molecule has 296 valence electrons. The molecule has 1 saturated heterocycles. The summed E-state index contributed by atoms with van der Waals surface area (Å²) in [5, 5.41) is 5.71. The van der Waals surface area contributed by atoms with Crippen LogP contribution in [0.4, 0.5) is 26.1 Å². The zero-order valence-electron chi connectivity index (χ0n) is 31.8. The Morgan fingerprint density at radius 1 is 0.895 bits per heavy atom. The normalized spacial score (nSPS) is 13.8. The monoisotopic (exact) mass is 795 g/mol. The average Bonchev–Trinajstić information content (AvgIpc) is 3.59. The van der Waals surface area contributed by atoms with E-state index in [4.69, 9.17) is 19.4 Å². The van der Waals surface area contributed by atoms with Crippen molar-refractivity contribution in [3.63, 3.8) is 0 Å². The lowest BCUT2D eigenvalue weighted by Gasteiger charge is -2.32. The van der Waals surface area contributed by atoms with E-state index in [0.29, 0.717) is 64.7 Å². The Morgan fingerprint density at radius 2 is 1.65 bits per heavy atom. The molecule has 7 rings (SSSR count). The number of piperidine rings is 1. The average molecular weight is 796 g/mol. The van der Waals surface area contributed by atoms with Crippen LogP contribution in [0, 0.1) is 11.6 Å². The van der Waals surface area contributed by atoms with Crippen molar-refractivity contribution in [2.24, 2.45) is 0 Å². The molecule has 0 bridgehead atoms. The molecule has 4 heterocycles. The van der Waals surface area contributed by atoms with Crippen molar-refractivity contribution in [1.82, 2.24) is 24.3 Å². The van der Waals surface area contributed by atoms with Crippen molar-refractivity contribution in [2.45, 2.75) is 32.6 Å². The third-order valence-corrected chi connectivity index (χ3v) is 10.7. The first-order valence-corrected chi connectivity index (χ1v) is 20.8. The van der Waals surface area contributed by atoms with Crippen molar-refractivity contribution in [2.75, 3.05) is 55.5 Å². The van der Waals surface area contributed by atoms with E-state index in [0.717, 1.165) is 43.6 Å². The van der Waals surface area contributed by atoms with Gasteiger partial charge in [0.05, 0.1) is 47.3 Å². The van der Waals surface area contributed by atoms with Crippen LogP contribution >= 0.6 is 0 Å². The third kappa shape index (κ3) is 9.05. The quantitative estimate of drug-likeness (QED) is 0.113. The van der Waals surface area contributed by atoms with Crippen molar-refractivity contribution in [3.8, 4) is 34.1 Å². The van der Waals surface area contributed by atoms with Crippen LogP contribution in [0.3, 0.4) is 0 Å². The number of pyridine rings is 1. The molecule has 0 atom stereocenters. The van der Waals surface area contributed by atoms with Gasteiger partial charge in [0.25, 0.3) is 5.91 Å². The summed E-state index contributed by atoms with van der Waals surface area (Å²) >= 11 is 0. The number of aromatic nitrogens is 4. The predicted molar refractivity (Wildman–Crippen MR) is 216 cm³/mol. The van der Waals surface area contributed by atoms with E-state index in [1.807, 2.05) is 41.8 Å². The van der Waals surface area contributed by atoms with Gasteiger partial charge in [0.2, 0.25) is 5.95 Å². The van der Waals surface area contributed by atoms with E-state index in [9.17, 15) is 22.0 Å². The van der Waals surface area contributed by atoms with Crippen LogP contribution in [0.15, 0.2) is 91.3 Å². The first-order valence-electron chi connectivity index (χ1n) is 18.8. The molecule has 1 fully saturated rings. The summed E-state index contributed by atoms with van der Waals surface area (Å²) in [5.41, 5.74) is 4.17. The lowest BCUT2D eigenvalue weighted by atomic mass is 9.89. The molecule has 12 nitrogen and oxygen atoms in total. The van der Waals surface area contributed by atoms with Gasteiger partial charge in [0, 0.05) is 30.8 Å². The van der Waals surface area contributed by atoms with Gasteiger partial charge in [0.15, 0.2) is 0 Å². The number of para-hydroxylation sites is 1. The fourth-order valence-electron chi connectivity index (χ4n) is 7.00. The number of amides is 1. The van der Waals surface area contributed by atoms with Crippen molar-refractivity contribution >= 4 is 38.7 Å². The largest absolute Gasteiger partial charge is 0.493 e. The summed E-state index contributed by atoms with van der Waals surface area (Å²) in [4.78, 5) is 30.1. The second-order valence-corrected chi connectivity index (χ2v) is 16.0. The van der Waals surface area contributed by atoms with Crippen LogP contribution < -0.4 is 20.1 Å². The molecular weight excluding hydrogens is 753 g/mol. The number of rotatable bonds is 14. The number of sulfone groups is 1. The van der Waals surface area contributed by atoms with Crippen molar-refractivity contribution in [3.05, 3.63) is 114 Å². The molecule has 0 spiro atoms. The first kappa shape index (κ1) is 39.3. The number of fused-ring (bicyclic) bond motifs is 1. The highest BCUT2D eigenvalue weighted by atomic mass is 32.2. The molecule has 3 aromatic heterocycles. The minimum atomic E-state index is -3.01. The van der Waals surface area contributed by atoms with E-state index in [1.54, 1.807) is 37.4 Å². The van der Waals surface area contributed by atoms with Gasteiger partial charge in [-0.3, -0.25) is 9.20 Å². The Kier molecular flexibility index (Phi) is 11.8. The topological polar surface area (TPSA) is 140 Å². The molecule has 0 unspecified atom stereocenters. The maximum Gasteiger partial charge on any atom is 0.259 e. The van der Waals surface area contributed by atoms with Gasteiger partial charge < -0.3 is 25.0 Å². The number of anilines is 3. The fourth-order valence-corrected chi connectivity index (χ4v) is 7.59. The summed E-state index contributed by atoms with van der Waals surface area (Å²) in [6.45, 7) is 6.61. The lowest BCUT2D eigenvalue weighted by Crippen LogP contribution is -2.36. The molecule has 2 N–H and O–H groups in total. The van der Waals surface area contributed by atoms with Crippen LogP contribution in [-0.2, 0) is 9.84 Å². The van der Waals surface area contributed by atoms with Crippen molar-refractivity contribution < 1.29 is 31.5 Å². The smallest absolute Gasteiger partial charge is 0.259 e. The second-order valence-electron chi connectivity index (χ2n) is 13.8. The van der Waals surface area contributed by atoms with E-state index in [2.05, 4.69) is 32.7 Å². The third-order valence-electron chi connectivity index (χ3n) is 9.82. The Hall–Kier alpha value is -5.93. The minimum absolute atomic E-state index is 0.0643. The fraction of sp³-hybridized carbons (Fsp3) is 0.286. The van der Waals surface area contributed by atoms with E-state index >= 15 is 0 Å². The molecule has 3 aromatic carbocycles. The molecule has 6 aromatic rings. The first-order chi connectivity index (χ1) is 27.5. The number of halogens is 2. The molecule has 0 saturated carbocycles. The Balaban J connectivity index is 1.18.